The Balaban J connectivity index is 1.54. The number of benzene rings is 2. The fourth-order valence-electron chi connectivity index (χ4n) is 4.77. The Hall–Kier alpha value is -4.13. The molecule has 7 nitrogen and oxygen atoms in total. The van der Waals surface area contributed by atoms with Crippen molar-refractivity contribution in [3.05, 3.63) is 89.7 Å². The second-order valence-electron chi connectivity index (χ2n) is 9.50. The normalized spacial score (nSPS) is 15.1. The molecule has 1 fully saturated rings. The second kappa shape index (κ2) is 11.7. The van der Waals surface area contributed by atoms with Crippen LogP contribution in [0.5, 0.6) is 0 Å². The molecule has 0 saturated heterocycles. The Bertz CT molecular complexity index is 1360. The van der Waals surface area contributed by atoms with Gasteiger partial charge >= 0.3 is 5.97 Å². The number of hydrogen-bond acceptors (Lipinski definition) is 4. The lowest BCUT2D eigenvalue weighted by molar-refractivity contribution is 0.0696. The first-order chi connectivity index (χ1) is 17.9. The summed E-state index contributed by atoms with van der Waals surface area (Å²) in [6.45, 7) is 5.92. The van der Waals surface area contributed by atoms with E-state index in [9.17, 15) is 19.8 Å². The first kappa shape index (κ1) is 25.9. The minimum Gasteiger partial charge on any atom is -0.508 e. The molecule has 1 heterocycles. The molecule has 192 valence electrons. The number of nitrogens with one attached hydrogen (secondary N) is 1. The highest BCUT2D eigenvalue weighted by molar-refractivity contribution is 5.95. The molecule has 0 radical (unpaired) electrons. The molecule has 1 amide bonds. The average Bonchev–Trinajstić information content (AvgIpc) is 3.31. The second-order valence-corrected chi connectivity index (χ2v) is 9.50. The van der Waals surface area contributed by atoms with Crippen LogP contribution in [0, 0.1) is 0 Å². The summed E-state index contributed by atoms with van der Waals surface area (Å²) in [5, 5.41) is 21.8. The number of carboxylic acids is 1. The fourth-order valence-corrected chi connectivity index (χ4v) is 4.77. The molecule has 0 spiro atoms. The number of amides is 1. The van der Waals surface area contributed by atoms with Gasteiger partial charge in [-0.1, -0.05) is 49.6 Å². The number of allylic oxidation sites excluding steroid dienone is 3. The monoisotopic (exact) mass is 499 g/mol. The van der Waals surface area contributed by atoms with E-state index in [4.69, 9.17) is 4.98 Å². The Morgan fingerprint density at radius 3 is 2.43 bits per heavy atom. The van der Waals surface area contributed by atoms with Crippen molar-refractivity contribution in [1.82, 2.24) is 14.9 Å². The maximum Gasteiger partial charge on any atom is 0.335 e. The zero-order valence-corrected chi connectivity index (χ0v) is 21.1. The summed E-state index contributed by atoms with van der Waals surface area (Å²) < 4.78 is 2.25. The molecule has 1 aromatic heterocycles. The van der Waals surface area contributed by atoms with Crippen molar-refractivity contribution in [2.45, 2.75) is 51.5 Å². The lowest BCUT2D eigenvalue weighted by Crippen LogP contribution is -2.24. The first-order valence-electron chi connectivity index (χ1n) is 12.7. The van der Waals surface area contributed by atoms with Crippen LogP contribution < -0.4 is 5.32 Å². The van der Waals surface area contributed by atoms with Crippen molar-refractivity contribution in [3.63, 3.8) is 0 Å². The number of carbonyl (C=O) groups excluding carboxylic acids is 1. The minimum absolute atomic E-state index is 0.0998. The highest BCUT2D eigenvalue weighted by Gasteiger charge is 2.23. The average molecular weight is 500 g/mol. The van der Waals surface area contributed by atoms with Crippen LogP contribution in [0.15, 0.2) is 78.6 Å². The number of carboxylic acid groups (broad SMARTS) is 1. The lowest BCUT2D eigenvalue weighted by Gasteiger charge is -2.25. The van der Waals surface area contributed by atoms with E-state index in [1.54, 1.807) is 36.4 Å². The van der Waals surface area contributed by atoms with Gasteiger partial charge in [0, 0.05) is 23.7 Å². The van der Waals surface area contributed by atoms with E-state index in [0.717, 1.165) is 48.2 Å². The number of aromatic carboxylic acids is 1. The molecule has 0 aliphatic heterocycles. The fraction of sp³-hybridized carbons (Fsp3) is 0.300. The quantitative estimate of drug-likeness (QED) is 0.227. The van der Waals surface area contributed by atoms with Gasteiger partial charge in [0.15, 0.2) is 0 Å². The van der Waals surface area contributed by atoms with Crippen molar-refractivity contribution in [3.8, 4) is 11.4 Å². The molecule has 7 heteroatoms. The van der Waals surface area contributed by atoms with Gasteiger partial charge in [0.2, 0.25) is 0 Å². The molecule has 1 aliphatic rings. The predicted octanol–water partition coefficient (Wildman–Crippen LogP) is 6.60. The molecule has 0 atom stereocenters. The van der Waals surface area contributed by atoms with Gasteiger partial charge in [0.25, 0.3) is 5.91 Å². The van der Waals surface area contributed by atoms with Crippen LogP contribution in [0.1, 0.15) is 72.2 Å². The highest BCUT2D eigenvalue weighted by atomic mass is 16.4. The third-order valence-electron chi connectivity index (χ3n) is 6.83. The number of rotatable bonds is 9. The molecule has 0 bridgehead atoms. The van der Waals surface area contributed by atoms with Crippen LogP contribution in [-0.4, -0.2) is 38.2 Å². The molecular weight excluding hydrogens is 466 g/mol. The standard InChI is InChI=1S/C30H33N3O4/c1-3-25(34)15-9-20(2)17-18-31-29(35)22-12-10-21(11-13-22)28-32-26-19-23(30(36)37)14-16-27(26)33(28)24-7-5-4-6-8-24/h3,9-16,19,24,34H,1,4-8,17-18H2,2H3,(H,31,35)(H,36,37)/b20-9+,25-15+. The van der Waals surface area contributed by atoms with E-state index in [-0.39, 0.29) is 17.2 Å². The molecular formula is C30H33N3O4. The molecule has 3 N–H and O–H groups in total. The van der Waals surface area contributed by atoms with Gasteiger partial charge < -0.3 is 20.1 Å². The Labute approximate surface area is 216 Å². The Kier molecular flexibility index (Phi) is 8.23. The van der Waals surface area contributed by atoms with Crippen molar-refractivity contribution >= 4 is 22.9 Å². The molecule has 3 aromatic rings. The van der Waals surface area contributed by atoms with E-state index in [1.807, 2.05) is 25.1 Å². The summed E-state index contributed by atoms with van der Waals surface area (Å²) in [5.41, 5.74) is 4.30. The van der Waals surface area contributed by atoms with Crippen LogP contribution in [-0.2, 0) is 0 Å². The number of hydrogen-bond donors (Lipinski definition) is 3. The third kappa shape index (κ3) is 6.17. The van der Waals surface area contributed by atoms with Gasteiger partial charge in [-0.25, -0.2) is 9.78 Å². The molecule has 1 saturated carbocycles. The van der Waals surface area contributed by atoms with Gasteiger partial charge in [0.1, 0.15) is 11.6 Å². The van der Waals surface area contributed by atoms with Gasteiger partial charge in [-0.3, -0.25) is 4.79 Å². The number of imidazole rings is 1. The zero-order chi connectivity index (χ0) is 26.4. The van der Waals surface area contributed by atoms with Crippen LogP contribution in [0.25, 0.3) is 22.4 Å². The highest BCUT2D eigenvalue weighted by Crippen LogP contribution is 2.36. The van der Waals surface area contributed by atoms with E-state index >= 15 is 0 Å². The lowest BCUT2D eigenvalue weighted by atomic mass is 9.94. The number of fused-ring (bicyclic) bond motifs is 1. The molecule has 2 aromatic carbocycles. The number of aliphatic hydroxyl groups is 1. The largest absolute Gasteiger partial charge is 0.508 e. The van der Waals surface area contributed by atoms with E-state index < -0.39 is 5.97 Å². The van der Waals surface area contributed by atoms with Crippen molar-refractivity contribution in [2.75, 3.05) is 6.54 Å². The number of nitrogens with zero attached hydrogens (tertiary/aromatic N) is 2. The van der Waals surface area contributed by atoms with E-state index in [2.05, 4.69) is 16.5 Å². The SMILES string of the molecule is C=C/C(O)=C\C=C(/C)CCNC(=O)c1ccc(-c2nc3cc(C(=O)O)ccc3n2C2CCCCC2)cc1. The van der Waals surface area contributed by atoms with Crippen LogP contribution in [0.4, 0.5) is 0 Å². The molecule has 4 rings (SSSR count). The number of aliphatic hydroxyl groups excluding tert-OH is 1. The summed E-state index contributed by atoms with van der Waals surface area (Å²) in [5.74, 6) is -0.227. The summed E-state index contributed by atoms with van der Waals surface area (Å²) in [4.78, 5) is 29.0. The molecule has 37 heavy (non-hydrogen) atoms. The smallest absolute Gasteiger partial charge is 0.335 e. The predicted molar refractivity (Wildman–Crippen MR) is 146 cm³/mol. The Morgan fingerprint density at radius 2 is 1.76 bits per heavy atom. The zero-order valence-electron chi connectivity index (χ0n) is 21.1. The van der Waals surface area contributed by atoms with Crippen molar-refractivity contribution < 1.29 is 19.8 Å². The van der Waals surface area contributed by atoms with Crippen LogP contribution in [0.2, 0.25) is 0 Å². The van der Waals surface area contributed by atoms with Crippen molar-refractivity contribution in [1.29, 1.82) is 0 Å². The van der Waals surface area contributed by atoms with Crippen LogP contribution >= 0.6 is 0 Å². The topological polar surface area (TPSA) is 104 Å². The van der Waals surface area contributed by atoms with E-state index in [0.29, 0.717) is 30.1 Å². The molecule has 0 unspecified atom stereocenters. The maximum absolute atomic E-state index is 12.7. The number of aromatic nitrogens is 2. The first-order valence-corrected chi connectivity index (χ1v) is 12.7. The minimum atomic E-state index is -0.969. The van der Waals surface area contributed by atoms with Gasteiger partial charge in [-0.05, 0) is 68.7 Å². The van der Waals surface area contributed by atoms with E-state index in [1.165, 1.54) is 12.5 Å². The summed E-state index contributed by atoms with van der Waals surface area (Å²) >= 11 is 0. The van der Waals surface area contributed by atoms with Gasteiger partial charge in [-0.15, -0.1) is 0 Å². The number of carbonyl (C=O) groups is 2. The maximum atomic E-state index is 12.7. The third-order valence-corrected chi connectivity index (χ3v) is 6.83. The van der Waals surface area contributed by atoms with Gasteiger partial charge in [-0.2, -0.15) is 0 Å². The summed E-state index contributed by atoms with van der Waals surface area (Å²) in [6, 6.07) is 12.8. The van der Waals surface area contributed by atoms with Gasteiger partial charge in [0.05, 0.1) is 16.6 Å². The molecule has 1 aliphatic carbocycles. The Morgan fingerprint density at radius 1 is 1.05 bits per heavy atom. The van der Waals surface area contributed by atoms with Crippen LogP contribution in [0.3, 0.4) is 0 Å². The van der Waals surface area contributed by atoms with Crippen molar-refractivity contribution in [2.24, 2.45) is 0 Å². The summed E-state index contributed by atoms with van der Waals surface area (Å²) in [7, 11) is 0. The summed E-state index contributed by atoms with van der Waals surface area (Å²) in [6.07, 6.45) is 11.1.